The van der Waals surface area contributed by atoms with Crippen molar-refractivity contribution in [1.82, 2.24) is 9.91 Å². The SMILES string of the molecule is COc1ccc(C23C(=O)N(Nc4ccc(Cl)cc4Cl)C(=O)C2CC2C(=CCC4C(=O)N(CCCCCC(=O)O)C(=O)C42)C3c2ccc(O)c(OC)c2)cc1. The molecule has 3 aromatic rings. The number of methoxy groups -OCH3 is 2. The van der Waals surface area contributed by atoms with Gasteiger partial charge in [0.2, 0.25) is 11.8 Å². The van der Waals surface area contributed by atoms with E-state index in [0.29, 0.717) is 41.2 Å². The molecule has 1 saturated carbocycles. The summed E-state index contributed by atoms with van der Waals surface area (Å²) in [5, 5.41) is 21.2. The zero-order valence-corrected chi connectivity index (χ0v) is 31.1. The summed E-state index contributed by atoms with van der Waals surface area (Å²) < 4.78 is 11.0. The summed E-state index contributed by atoms with van der Waals surface area (Å²) in [7, 11) is 2.95. The third-order valence-electron chi connectivity index (χ3n) is 11.5. The third-order valence-corrected chi connectivity index (χ3v) is 12.0. The van der Waals surface area contributed by atoms with Crippen molar-refractivity contribution in [3.8, 4) is 17.2 Å². The van der Waals surface area contributed by atoms with Gasteiger partial charge in [0.1, 0.15) is 5.75 Å². The minimum atomic E-state index is -1.57. The first-order chi connectivity index (χ1) is 25.9. The summed E-state index contributed by atoms with van der Waals surface area (Å²) in [6, 6.07) is 16.4. The van der Waals surface area contributed by atoms with Crippen LogP contribution in [0.4, 0.5) is 5.69 Å². The number of anilines is 1. The van der Waals surface area contributed by atoms with Crippen LogP contribution in [0.2, 0.25) is 10.0 Å². The summed E-state index contributed by atoms with van der Waals surface area (Å²) in [4.78, 5) is 70.7. The molecule has 7 rings (SSSR count). The lowest BCUT2D eigenvalue weighted by Crippen LogP contribution is -2.53. The Kier molecular flexibility index (Phi) is 10.1. The van der Waals surface area contributed by atoms with E-state index < -0.39 is 52.8 Å². The van der Waals surface area contributed by atoms with Gasteiger partial charge in [-0.2, -0.15) is 5.01 Å². The maximum atomic E-state index is 15.4. The van der Waals surface area contributed by atoms with E-state index in [4.69, 9.17) is 37.8 Å². The van der Waals surface area contributed by atoms with Crippen molar-refractivity contribution in [3.63, 3.8) is 0 Å². The molecule has 282 valence electrons. The van der Waals surface area contributed by atoms with Gasteiger partial charge in [-0.15, -0.1) is 0 Å². The number of likely N-dealkylation sites (tertiary alicyclic amines) is 1. The van der Waals surface area contributed by atoms with Gasteiger partial charge in [0, 0.05) is 23.9 Å². The minimum absolute atomic E-state index is 0.00606. The molecule has 3 N–H and O–H groups in total. The number of aromatic hydroxyl groups is 1. The van der Waals surface area contributed by atoms with E-state index in [-0.39, 0.29) is 59.8 Å². The minimum Gasteiger partial charge on any atom is -0.504 e. The molecule has 0 aromatic heterocycles. The molecule has 2 aliphatic heterocycles. The first kappa shape index (κ1) is 37.3. The van der Waals surface area contributed by atoms with E-state index in [1.807, 2.05) is 6.08 Å². The largest absolute Gasteiger partial charge is 0.504 e. The van der Waals surface area contributed by atoms with Crippen LogP contribution in [0.15, 0.2) is 72.3 Å². The number of phenols is 1. The number of hydrogen-bond donors (Lipinski definition) is 3. The second-order valence-electron chi connectivity index (χ2n) is 14.2. The average molecular weight is 777 g/mol. The molecule has 0 spiro atoms. The van der Waals surface area contributed by atoms with Crippen LogP contribution in [0.1, 0.15) is 55.6 Å². The van der Waals surface area contributed by atoms with Gasteiger partial charge in [-0.3, -0.25) is 34.3 Å². The molecule has 6 atom stereocenters. The smallest absolute Gasteiger partial charge is 0.303 e. The Bertz CT molecular complexity index is 2070. The molecular formula is C40H39Cl2N3O9. The van der Waals surface area contributed by atoms with Crippen molar-refractivity contribution < 1.29 is 43.7 Å². The van der Waals surface area contributed by atoms with Crippen LogP contribution < -0.4 is 14.9 Å². The number of ether oxygens (including phenoxy) is 2. The number of carbonyl (C=O) groups excluding carboxylic acids is 4. The Morgan fingerprint density at radius 1 is 0.907 bits per heavy atom. The number of nitrogens with zero attached hydrogens (tertiary/aromatic N) is 2. The maximum absolute atomic E-state index is 15.4. The highest BCUT2D eigenvalue weighted by atomic mass is 35.5. The van der Waals surface area contributed by atoms with E-state index in [0.717, 1.165) is 10.6 Å². The van der Waals surface area contributed by atoms with Gasteiger partial charge in [-0.1, -0.05) is 59.5 Å². The molecule has 4 amide bonds. The van der Waals surface area contributed by atoms with Crippen molar-refractivity contribution in [3.05, 3.63) is 93.5 Å². The van der Waals surface area contributed by atoms with E-state index in [9.17, 15) is 24.3 Å². The number of aliphatic carboxylic acids is 1. The number of allylic oxidation sites excluding steroid dienone is 2. The Morgan fingerprint density at radius 3 is 2.35 bits per heavy atom. The van der Waals surface area contributed by atoms with Crippen molar-refractivity contribution >= 4 is 58.5 Å². The fraction of sp³-hybridized carbons (Fsp3) is 0.375. The van der Waals surface area contributed by atoms with Crippen LogP contribution in [0.25, 0.3) is 0 Å². The number of nitrogens with one attached hydrogen (secondary N) is 1. The molecule has 2 aliphatic carbocycles. The van der Waals surface area contributed by atoms with Crippen LogP contribution in [-0.4, -0.2) is 70.5 Å². The number of hydrazine groups is 1. The predicted octanol–water partition coefficient (Wildman–Crippen LogP) is 6.35. The molecule has 4 aliphatic rings. The molecule has 0 radical (unpaired) electrons. The number of rotatable bonds is 12. The highest BCUT2D eigenvalue weighted by Crippen LogP contribution is 2.64. The summed E-state index contributed by atoms with van der Waals surface area (Å²) >= 11 is 12.7. The van der Waals surface area contributed by atoms with E-state index in [2.05, 4.69) is 5.43 Å². The number of carbonyl (C=O) groups is 5. The number of halogens is 2. The first-order valence-corrected chi connectivity index (χ1v) is 18.6. The topological polar surface area (TPSA) is 163 Å². The lowest BCUT2D eigenvalue weighted by Gasteiger charge is -2.50. The molecule has 14 heteroatoms. The second-order valence-corrected chi connectivity index (χ2v) is 15.0. The van der Waals surface area contributed by atoms with Crippen molar-refractivity contribution in [2.45, 2.75) is 49.9 Å². The molecule has 3 fully saturated rings. The molecule has 2 saturated heterocycles. The number of amides is 4. The van der Waals surface area contributed by atoms with Gasteiger partial charge in [-0.25, -0.2) is 0 Å². The van der Waals surface area contributed by atoms with E-state index in [1.54, 1.807) is 48.5 Å². The van der Waals surface area contributed by atoms with Gasteiger partial charge in [-0.05, 0) is 85.2 Å². The lowest BCUT2D eigenvalue weighted by molar-refractivity contribution is -0.141. The first-order valence-electron chi connectivity index (χ1n) is 17.8. The summed E-state index contributed by atoms with van der Waals surface area (Å²) in [5.41, 5.74) is 3.53. The number of fused-ring (bicyclic) bond motifs is 4. The van der Waals surface area contributed by atoms with Gasteiger partial charge in [0.15, 0.2) is 11.5 Å². The molecule has 54 heavy (non-hydrogen) atoms. The average Bonchev–Trinajstić information content (AvgIpc) is 3.53. The molecule has 0 bridgehead atoms. The number of imide groups is 2. The van der Waals surface area contributed by atoms with Crippen LogP contribution in [0.3, 0.4) is 0 Å². The number of carboxylic acid groups (broad SMARTS) is 1. The van der Waals surface area contributed by atoms with Crippen LogP contribution in [0.5, 0.6) is 17.2 Å². The monoisotopic (exact) mass is 775 g/mol. The van der Waals surface area contributed by atoms with E-state index >= 15 is 4.79 Å². The molecule has 2 heterocycles. The summed E-state index contributed by atoms with van der Waals surface area (Å²) in [5.74, 6) is -5.91. The fourth-order valence-corrected chi connectivity index (χ4v) is 9.55. The Labute approximate surface area is 321 Å². The van der Waals surface area contributed by atoms with E-state index in [1.165, 1.54) is 31.3 Å². The Balaban J connectivity index is 1.37. The van der Waals surface area contributed by atoms with Gasteiger partial charge >= 0.3 is 5.97 Å². The highest BCUT2D eigenvalue weighted by molar-refractivity contribution is 6.36. The normalized spacial score (nSPS) is 25.9. The number of hydrogen-bond acceptors (Lipinski definition) is 9. The predicted molar refractivity (Wildman–Crippen MR) is 198 cm³/mol. The standard InChI is InChI=1S/C40H39Cl2N3O9/c1-53-24-11-8-22(9-12-24)40-28(37(50)45(39(40)52)43-30-15-10-23(41)19-29(30)42)20-27-25(35(40)21-7-16-31(46)32(18-21)54-2)13-14-26-34(27)38(51)44(36(26)49)17-5-3-4-6-33(47)48/h7-13,15-16,18-19,26-28,34-35,43,46H,3-6,14,17,20H2,1-2H3,(H,47,48). The van der Waals surface area contributed by atoms with Gasteiger partial charge in [0.25, 0.3) is 11.8 Å². The molecule has 3 aromatic carbocycles. The third kappa shape index (κ3) is 6.05. The number of benzene rings is 3. The Morgan fingerprint density at radius 2 is 1.67 bits per heavy atom. The second kappa shape index (κ2) is 14.6. The van der Waals surface area contributed by atoms with Crippen LogP contribution in [-0.2, 0) is 29.4 Å². The number of unbranched alkanes of at least 4 members (excludes halogenated alkanes) is 2. The van der Waals surface area contributed by atoms with Gasteiger partial charge in [0.05, 0.1) is 48.1 Å². The highest BCUT2D eigenvalue weighted by Gasteiger charge is 2.70. The summed E-state index contributed by atoms with van der Waals surface area (Å²) in [6.45, 7) is 0.168. The summed E-state index contributed by atoms with van der Waals surface area (Å²) in [6.07, 6.45) is 3.73. The number of phenolic OH excluding ortho intramolecular Hbond substituents is 1. The fourth-order valence-electron chi connectivity index (χ4n) is 9.10. The van der Waals surface area contributed by atoms with Gasteiger partial charge < -0.3 is 19.7 Å². The zero-order valence-electron chi connectivity index (χ0n) is 29.6. The molecular weight excluding hydrogens is 737 g/mol. The van der Waals surface area contributed by atoms with Crippen molar-refractivity contribution in [2.75, 3.05) is 26.2 Å². The Hall–Kier alpha value is -5.07. The molecule has 6 unspecified atom stereocenters. The number of carboxylic acids is 1. The van der Waals surface area contributed by atoms with Crippen molar-refractivity contribution in [1.29, 1.82) is 0 Å². The molecule has 12 nitrogen and oxygen atoms in total. The lowest BCUT2D eigenvalue weighted by atomic mass is 9.49. The van der Waals surface area contributed by atoms with Crippen molar-refractivity contribution in [2.24, 2.45) is 23.7 Å². The zero-order chi connectivity index (χ0) is 38.5. The maximum Gasteiger partial charge on any atom is 0.303 e. The van der Waals surface area contributed by atoms with Crippen LogP contribution >= 0.6 is 23.2 Å². The van der Waals surface area contributed by atoms with Crippen LogP contribution in [0, 0.1) is 23.7 Å². The quantitative estimate of drug-likeness (QED) is 0.107.